The Kier molecular flexibility index (Phi) is 5.68. The van der Waals surface area contributed by atoms with Crippen molar-refractivity contribution < 1.29 is 8.42 Å². The van der Waals surface area contributed by atoms with E-state index < -0.39 is 10.0 Å². The summed E-state index contributed by atoms with van der Waals surface area (Å²) >= 11 is 0. The molecule has 0 aromatic heterocycles. The largest absolute Gasteiger partial charge is 0.279 e. The molecule has 0 bridgehead atoms. The molecule has 0 spiro atoms. The monoisotopic (exact) mass is 413 g/mol. The number of benzene rings is 4. The van der Waals surface area contributed by atoms with Crippen molar-refractivity contribution in [2.45, 2.75) is 18.2 Å². The molecule has 0 aliphatic heterocycles. The summed E-state index contributed by atoms with van der Waals surface area (Å²) in [5.74, 6) is 0. The highest BCUT2D eigenvalue weighted by Crippen LogP contribution is 2.29. The lowest BCUT2D eigenvalue weighted by atomic mass is 10.00. The average Bonchev–Trinajstić information content (AvgIpc) is 2.76. The van der Waals surface area contributed by atoms with Gasteiger partial charge in [-0.3, -0.25) is 4.72 Å². The summed E-state index contributed by atoms with van der Waals surface area (Å²) in [5.41, 5.74) is 3.69. The third kappa shape index (κ3) is 4.44. The molecule has 30 heavy (non-hydrogen) atoms. The maximum atomic E-state index is 13.0. The van der Waals surface area contributed by atoms with Gasteiger partial charge in [-0.05, 0) is 53.4 Å². The molecule has 4 heteroatoms. The van der Waals surface area contributed by atoms with E-state index in [0.717, 1.165) is 27.5 Å². The third-order valence-electron chi connectivity index (χ3n) is 5.05. The molecule has 0 radical (unpaired) electrons. The molecule has 150 valence electrons. The van der Waals surface area contributed by atoms with Crippen molar-refractivity contribution in [2.24, 2.45) is 0 Å². The van der Waals surface area contributed by atoms with E-state index in [-0.39, 0.29) is 4.90 Å². The Morgan fingerprint density at radius 3 is 2.27 bits per heavy atom. The highest BCUT2D eigenvalue weighted by Gasteiger charge is 2.17. The second-order valence-electron chi connectivity index (χ2n) is 7.25. The van der Waals surface area contributed by atoms with Crippen LogP contribution in [0.5, 0.6) is 0 Å². The van der Waals surface area contributed by atoms with E-state index in [1.54, 1.807) is 24.3 Å². The summed E-state index contributed by atoms with van der Waals surface area (Å²) in [6, 6.07) is 28.8. The number of hydrogen-bond donors (Lipinski definition) is 1. The first kappa shape index (κ1) is 19.9. The molecule has 4 rings (SSSR count). The van der Waals surface area contributed by atoms with Gasteiger partial charge in [0.05, 0.1) is 10.6 Å². The van der Waals surface area contributed by atoms with Gasteiger partial charge in [0.1, 0.15) is 0 Å². The smallest absolute Gasteiger partial charge is 0.261 e. The number of nitrogens with one attached hydrogen (secondary N) is 1. The molecule has 0 saturated carbocycles. The van der Waals surface area contributed by atoms with Crippen LogP contribution in [0.3, 0.4) is 0 Å². The van der Waals surface area contributed by atoms with Crippen molar-refractivity contribution in [3.63, 3.8) is 0 Å². The number of fused-ring (bicyclic) bond motifs is 1. The van der Waals surface area contributed by atoms with Gasteiger partial charge in [0.15, 0.2) is 0 Å². The fourth-order valence-corrected chi connectivity index (χ4v) is 4.54. The topological polar surface area (TPSA) is 46.2 Å². The van der Waals surface area contributed by atoms with Gasteiger partial charge in [0.2, 0.25) is 0 Å². The summed E-state index contributed by atoms with van der Waals surface area (Å²) in [5, 5.41) is 2.12. The van der Waals surface area contributed by atoms with Crippen molar-refractivity contribution >= 4 is 32.6 Å². The summed E-state index contributed by atoms with van der Waals surface area (Å²) in [6.45, 7) is 1.93. The van der Waals surface area contributed by atoms with E-state index in [1.807, 2.05) is 73.7 Å². The van der Waals surface area contributed by atoms with Crippen molar-refractivity contribution in [2.75, 3.05) is 4.72 Å². The first-order chi connectivity index (χ1) is 14.5. The van der Waals surface area contributed by atoms with Gasteiger partial charge in [-0.1, -0.05) is 90.5 Å². The van der Waals surface area contributed by atoms with E-state index in [4.69, 9.17) is 0 Å². The molecule has 4 aromatic rings. The molecule has 0 aliphatic carbocycles. The molecule has 4 aromatic carbocycles. The Morgan fingerprint density at radius 1 is 0.800 bits per heavy atom. The minimum atomic E-state index is -3.67. The summed E-state index contributed by atoms with van der Waals surface area (Å²) < 4.78 is 28.7. The van der Waals surface area contributed by atoms with Gasteiger partial charge in [-0.15, -0.1) is 0 Å². The first-order valence-corrected chi connectivity index (χ1v) is 11.3. The highest BCUT2D eigenvalue weighted by atomic mass is 32.2. The lowest BCUT2D eigenvalue weighted by molar-refractivity contribution is 0.601. The van der Waals surface area contributed by atoms with E-state index in [1.165, 1.54) is 0 Å². The molecule has 0 amide bonds. The minimum Gasteiger partial charge on any atom is -0.279 e. The van der Waals surface area contributed by atoms with E-state index >= 15 is 0 Å². The van der Waals surface area contributed by atoms with Crippen LogP contribution in [-0.2, 0) is 16.4 Å². The Morgan fingerprint density at radius 2 is 1.50 bits per heavy atom. The number of allylic oxidation sites excluding steroid dienone is 1. The standard InChI is InChI=1S/C26H23NO2S/c1-20-14-17-23(18-15-20)30(28,29)27-26-19-16-22-11-5-6-12-24(22)25(26)13-7-10-21-8-3-2-4-9-21/h2-12,14-19,27H,13H2,1H3/b10-7+. The molecule has 0 atom stereocenters. The Hall–Kier alpha value is -3.37. The summed E-state index contributed by atoms with van der Waals surface area (Å²) in [4.78, 5) is 0.257. The quantitative estimate of drug-likeness (QED) is 0.409. The van der Waals surface area contributed by atoms with Crippen molar-refractivity contribution in [1.82, 2.24) is 0 Å². The Balaban J connectivity index is 1.71. The van der Waals surface area contributed by atoms with Gasteiger partial charge < -0.3 is 0 Å². The fourth-order valence-electron chi connectivity index (χ4n) is 3.45. The third-order valence-corrected chi connectivity index (χ3v) is 6.43. The zero-order valence-electron chi connectivity index (χ0n) is 16.7. The van der Waals surface area contributed by atoms with Crippen LogP contribution in [0.2, 0.25) is 0 Å². The Labute approximate surface area is 177 Å². The molecule has 0 heterocycles. The molecule has 0 fully saturated rings. The van der Waals surface area contributed by atoms with Crippen LogP contribution in [-0.4, -0.2) is 8.42 Å². The molecular formula is C26H23NO2S. The maximum absolute atomic E-state index is 13.0. The minimum absolute atomic E-state index is 0.257. The number of aryl methyl sites for hydroxylation is 1. The Bertz CT molecular complexity index is 1290. The molecule has 0 saturated heterocycles. The number of hydrogen-bond acceptors (Lipinski definition) is 2. The predicted molar refractivity (Wildman–Crippen MR) is 125 cm³/mol. The van der Waals surface area contributed by atoms with Crippen LogP contribution in [0.25, 0.3) is 16.8 Å². The van der Waals surface area contributed by atoms with Gasteiger partial charge in [0, 0.05) is 0 Å². The van der Waals surface area contributed by atoms with Crippen molar-refractivity contribution in [3.8, 4) is 0 Å². The highest BCUT2D eigenvalue weighted by molar-refractivity contribution is 7.92. The van der Waals surface area contributed by atoms with Gasteiger partial charge >= 0.3 is 0 Å². The second kappa shape index (κ2) is 8.56. The van der Waals surface area contributed by atoms with Crippen LogP contribution < -0.4 is 4.72 Å². The van der Waals surface area contributed by atoms with Crippen molar-refractivity contribution in [1.29, 1.82) is 0 Å². The number of rotatable bonds is 6. The number of sulfonamides is 1. The maximum Gasteiger partial charge on any atom is 0.261 e. The lowest BCUT2D eigenvalue weighted by Crippen LogP contribution is -2.14. The SMILES string of the molecule is Cc1ccc(S(=O)(=O)Nc2ccc3ccccc3c2C/C=C/c2ccccc2)cc1. The zero-order valence-corrected chi connectivity index (χ0v) is 17.6. The number of anilines is 1. The summed E-state index contributed by atoms with van der Waals surface area (Å²) in [6.07, 6.45) is 4.74. The van der Waals surface area contributed by atoms with E-state index in [2.05, 4.69) is 16.9 Å². The van der Waals surface area contributed by atoms with E-state index in [0.29, 0.717) is 12.1 Å². The molecule has 1 N–H and O–H groups in total. The zero-order chi connectivity index (χ0) is 21.0. The van der Waals surface area contributed by atoms with Crippen LogP contribution >= 0.6 is 0 Å². The van der Waals surface area contributed by atoms with Crippen LogP contribution in [0.15, 0.2) is 102 Å². The van der Waals surface area contributed by atoms with Gasteiger partial charge in [-0.25, -0.2) is 8.42 Å². The van der Waals surface area contributed by atoms with Crippen LogP contribution in [0.4, 0.5) is 5.69 Å². The molecule has 3 nitrogen and oxygen atoms in total. The predicted octanol–water partition coefficient (Wildman–Crippen LogP) is 6.20. The molecular weight excluding hydrogens is 390 g/mol. The van der Waals surface area contributed by atoms with Crippen LogP contribution in [0, 0.1) is 6.92 Å². The summed E-state index contributed by atoms with van der Waals surface area (Å²) in [7, 11) is -3.67. The molecule has 0 aliphatic rings. The average molecular weight is 414 g/mol. The normalized spacial score (nSPS) is 11.8. The van der Waals surface area contributed by atoms with Gasteiger partial charge in [0.25, 0.3) is 10.0 Å². The first-order valence-electron chi connectivity index (χ1n) is 9.85. The van der Waals surface area contributed by atoms with Crippen molar-refractivity contribution in [3.05, 3.63) is 114 Å². The fraction of sp³-hybridized carbons (Fsp3) is 0.0769. The lowest BCUT2D eigenvalue weighted by Gasteiger charge is -2.15. The second-order valence-corrected chi connectivity index (χ2v) is 8.93. The van der Waals surface area contributed by atoms with Crippen LogP contribution in [0.1, 0.15) is 16.7 Å². The molecule has 0 unspecified atom stereocenters. The van der Waals surface area contributed by atoms with Gasteiger partial charge in [-0.2, -0.15) is 0 Å². The van der Waals surface area contributed by atoms with E-state index in [9.17, 15) is 8.42 Å².